The summed E-state index contributed by atoms with van der Waals surface area (Å²) in [6, 6.07) is 4.83. The maximum absolute atomic E-state index is 11.2. The van der Waals surface area contributed by atoms with Gasteiger partial charge in [-0.05, 0) is 26.0 Å². The molecule has 0 aromatic heterocycles. The summed E-state index contributed by atoms with van der Waals surface area (Å²) in [6.45, 7) is 4.08. The molecule has 1 aromatic rings. The zero-order valence-electron chi connectivity index (χ0n) is 12.0. The van der Waals surface area contributed by atoms with Crippen LogP contribution < -0.4 is 10.0 Å². The fourth-order valence-electron chi connectivity index (χ4n) is 1.90. The third-order valence-corrected chi connectivity index (χ3v) is 4.00. The largest absolute Gasteiger partial charge is 0.311 e. The van der Waals surface area contributed by atoms with Crippen LogP contribution in [0.5, 0.6) is 0 Å². The van der Waals surface area contributed by atoms with E-state index in [-0.39, 0.29) is 12.2 Å². The standard InChI is InChI=1S/C12H18BrN3O4S/c1-12(2,15-21(3,19)20)8-14-7-9-4-5-10(13)6-11(9)16(17)18/h4-6,14-15H,7-8H2,1-3H3. The van der Waals surface area contributed by atoms with Crippen LogP contribution in [0.2, 0.25) is 0 Å². The first-order chi connectivity index (χ1) is 9.50. The Morgan fingerprint density at radius 3 is 2.52 bits per heavy atom. The van der Waals surface area contributed by atoms with Gasteiger partial charge in [-0.3, -0.25) is 10.1 Å². The van der Waals surface area contributed by atoms with E-state index in [2.05, 4.69) is 26.0 Å². The minimum Gasteiger partial charge on any atom is -0.311 e. The Balaban J connectivity index is 2.70. The molecule has 0 spiro atoms. The first-order valence-electron chi connectivity index (χ1n) is 6.13. The third kappa shape index (κ3) is 6.51. The summed E-state index contributed by atoms with van der Waals surface area (Å²) in [7, 11) is -3.31. The first kappa shape index (κ1) is 18.0. The zero-order valence-corrected chi connectivity index (χ0v) is 14.4. The van der Waals surface area contributed by atoms with Crippen LogP contribution in [0.3, 0.4) is 0 Å². The number of rotatable bonds is 7. The molecule has 0 heterocycles. The van der Waals surface area contributed by atoms with Gasteiger partial charge in [0.1, 0.15) is 0 Å². The van der Waals surface area contributed by atoms with Gasteiger partial charge in [0.15, 0.2) is 0 Å². The Hall–Kier alpha value is -1.03. The molecule has 0 bridgehead atoms. The quantitative estimate of drug-likeness (QED) is 0.555. The molecule has 0 aliphatic carbocycles. The monoisotopic (exact) mass is 379 g/mol. The number of hydrogen-bond donors (Lipinski definition) is 2. The van der Waals surface area contributed by atoms with Gasteiger partial charge in [0.25, 0.3) is 5.69 Å². The van der Waals surface area contributed by atoms with Gasteiger partial charge in [0, 0.05) is 34.7 Å². The Bertz CT molecular complexity index is 631. The van der Waals surface area contributed by atoms with E-state index >= 15 is 0 Å². The Morgan fingerprint density at radius 1 is 1.38 bits per heavy atom. The zero-order chi connectivity index (χ0) is 16.3. The molecule has 0 saturated heterocycles. The molecule has 0 amide bonds. The number of nitro groups is 1. The van der Waals surface area contributed by atoms with Gasteiger partial charge in [-0.1, -0.05) is 15.9 Å². The van der Waals surface area contributed by atoms with Crippen molar-refractivity contribution in [1.82, 2.24) is 10.0 Å². The molecule has 0 radical (unpaired) electrons. The van der Waals surface area contributed by atoms with Crippen LogP contribution in [0.15, 0.2) is 22.7 Å². The highest BCUT2D eigenvalue weighted by molar-refractivity contribution is 9.10. The molecule has 118 valence electrons. The smallest absolute Gasteiger partial charge is 0.275 e. The highest BCUT2D eigenvalue weighted by Gasteiger charge is 2.22. The van der Waals surface area contributed by atoms with Gasteiger partial charge in [-0.25, -0.2) is 13.1 Å². The third-order valence-electron chi connectivity index (χ3n) is 2.59. The molecule has 0 fully saturated rings. The number of nitrogens with one attached hydrogen (secondary N) is 2. The van der Waals surface area contributed by atoms with Gasteiger partial charge in [0.2, 0.25) is 10.0 Å². The Morgan fingerprint density at radius 2 is 2.00 bits per heavy atom. The predicted molar refractivity (Wildman–Crippen MR) is 84.6 cm³/mol. The number of nitrogens with zero attached hydrogens (tertiary/aromatic N) is 1. The van der Waals surface area contributed by atoms with Crippen LogP contribution in [-0.2, 0) is 16.6 Å². The van der Waals surface area contributed by atoms with Crippen LogP contribution in [0.25, 0.3) is 0 Å². The molecule has 0 aliphatic rings. The SMILES string of the molecule is CC(C)(CNCc1ccc(Br)cc1[N+](=O)[O-])NS(C)(=O)=O. The van der Waals surface area contributed by atoms with Crippen molar-refractivity contribution in [3.8, 4) is 0 Å². The van der Waals surface area contributed by atoms with Gasteiger partial charge < -0.3 is 5.32 Å². The van der Waals surface area contributed by atoms with E-state index in [1.54, 1.807) is 26.0 Å². The highest BCUT2D eigenvalue weighted by Crippen LogP contribution is 2.23. The number of hydrogen-bond acceptors (Lipinski definition) is 5. The van der Waals surface area contributed by atoms with E-state index in [1.165, 1.54) is 6.07 Å². The lowest BCUT2D eigenvalue weighted by Gasteiger charge is -2.25. The topological polar surface area (TPSA) is 101 Å². The molecule has 0 unspecified atom stereocenters. The maximum Gasteiger partial charge on any atom is 0.275 e. The highest BCUT2D eigenvalue weighted by atomic mass is 79.9. The Kier molecular flexibility index (Phi) is 5.85. The minimum atomic E-state index is -3.31. The second-order valence-corrected chi connectivity index (χ2v) is 8.06. The van der Waals surface area contributed by atoms with E-state index in [9.17, 15) is 18.5 Å². The van der Waals surface area contributed by atoms with Gasteiger partial charge in [0.05, 0.1) is 11.2 Å². The van der Waals surface area contributed by atoms with Crippen molar-refractivity contribution in [1.29, 1.82) is 0 Å². The fourth-order valence-corrected chi connectivity index (χ4v) is 3.33. The lowest BCUT2D eigenvalue weighted by molar-refractivity contribution is -0.385. The van der Waals surface area contributed by atoms with Crippen molar-refractivity contribution in [2.75, 3.05) is 12.8 Å². The molecule has 21 heavy (non-hydrogen) atoms. The van der Waals surface area contributed by atoms with Crippen molar-refractivity contribution in [2.24, 2.45) is 0 Å². The molecule has 9 heteroatoms. The molecule has 0 aliphatic heterocycles. The molecule has 2 N–H and O–H groups in total. The summed E-state index contributed by atoms with van der Waals surface area (Å²) < 4.78 is 25.6. The van der Waals surface area contributed by atoms with Crippen LogP contribution >= 0.6 is 15.9 Å². The van der Waals surface area contributed by atoms with Gasteiger partial charge >= 0.3 is 0 Å². The summed E-state index contributed by atoms with van der Waals surface area (Å²) in [6.07, 6.45) is 1.09. The van der Waals surface area contributed by atoms with Gasteiger partial charge in [-0.15, -0.1) is 0 Å². The van der Waals surface area contributed by atoms with Crippen LogP contribution in [0, 0.1) is 10.1 Å². The molecular weight excluding hydrogens is 362 g/mol. The fraction of sp³-hybridized carbons (Fsp3) is 0.500. The van der Waals surface area contributed by atoms with Crippen LogP contribution in [0.1, 0.15) is 19.4 Å². The summed E-state index contributed by atoms with van der Waals surface area (Å²) in [5, 5.41) is 14.0. The number of halogens is 1. The minimum absolute atomic E-state index is 0.0192. The van der Waals surface area contributed by atoms with Crippen molar-refractivity contribution in [3.63, 3.8) is 0 Å². The van der Waals surface area contributed by atoms with E-state index in [0.29, 0.717) is 16.6 Å². The van der Waals surface area contributed by atoms with E-state index < -0.39 is 20.5 Å². The molecule has 1 rings (SSSR count). The summed E-state index contributed by atoms with van der Waals surface area (Å²) in [4.78, 5) is 10.5. The lowest BCUT2D eigenvalue weighted by atomic mass is 10.1. The summed E-state index contributed by atoms with van der Waals surface area (Å²) >= 11 is 3.20. The average Bonchev–Trinajstić information content (AvgIpc) is 2.27. The van der Waals surface area contributed by atoms with Crippen LogP contribution in [-0.4, -0.2) is 31.7 Å². The van der Waals surface area contributed by atoms with E-state index in [1.807, 2.05) is 0 Å². The lowest BCUT2D eigenvalue weighted by Crippen LogP contribution is -2.49. The molecule has 1 aromatic carbocycles. The number of benzene rings is 1. The van der Waals surface area contributed by atoms with Crippen molar-refractivity contribution in [2.45, 2.75) is 25.9 Å². The average molecular weight is 380 g/mol. The second-order valence-electron chi connectivity index (χ2n) is 5.39. The van der Waals surface area contributed by atoms with Gasteiger partial charge in [-0.2, -0.15) is 0 Å². The normalized spacial score (nSPS) is 12.4. The number of sulfonamides is 1. The molecular formula is C12H18BrN3O4S. The second kappa shape index (κ2) is 6.82. The maximum atomic E-state index is 11.2. The first-order valence-corrected chi connectivity index (χ1v) is 8.81. The summed E-state index contributed by atoms with van der Waals surface area (Å²) in [5.41, 5.74) is -0.123. The van der Waals surface area contributed by atoms with Crippen LogP contribution in [0.4, 0.5) is 5.69 Å². The van der Waals surface area contributed by atoms with Crippen molar-refractivity contribution < 1.29 is 13.3 Å². The van der Waals surface area contributed by atoms with E-state index in [4.69, 9.17) is 0 Å². The summed E-state index contributed by atoms with van der Waals surface area (Å²) in [5.74, 6) is 0. The van der Waals surface area contributed by atoms with Crippen molar-refractivity contribution in [3.05, 3.63) is 38.3 Å². The molecule has 0 saturated carbocycles. The number of nitro benzene ring substituents is 1. The van der Waals surface area contributed by atoms with Crippen molar-refractivity contribution >= 4 is 31.6 Å². The molecule has 0 atom stereocenters. The van der Waals surface area contributed by atoms with E-state index in [0.717, 1.165) is 6.26 Å². The predicted octanol–water partition coefficient (Wildman–Crippen LogP) is 1.77. The Labute approximate surface area is 132 Å². The molecule has 7 nitrogen and oxygen atoms in total.